The van der Waals surface area contributed by atoms with Crippen LogP contribution in [0.2, 0.25) is 0 Å². The minimum Gasteiger partial charge on any atom is -0.496 e. The summed E-state index contributed by atoms with van der Waals surface area (Å²) in [5, 5.41) is 8.03. The highest BCUT2D eigenvalue weighted by Crippen LogP contribution is 2.18. The highest BCUT2D eigenvalue weighted by Gasteiger charge is 2.26. The Morgan fingerprint density at radius 1 is 0.939 bits per heavy atom. The molecule has 1 atom stereocenters. The molecule has 0 saturated heterocycles. The average Bonchev–Trinajstić information content (AvgIpc) is 2.81. The van der Waals surface area contributed by atoms with Crippen molar-refractivity contribution >= 4 is 29.4 Å². The van der Waals surface area contributed by atoms with Gasteiger partial charge in [-0.15, -0.1) is 0 Å². The van der Waals surface area contributed by atoms with Crippen molar-refractivity contribution in [1.29, 1.82) is 0 Å². The first-order valence-corrected chi connectivity index (χ1v) is 10.4. The molecule has 2 aromatic rings. The molecule has 2 aromatic carbocycles. The van der Waals surface area contributed by atoms with Crippen molar-refractivity contribution in [3.8, 4) is 5.75 Å². The van der Waals surface area contributed by atoms with Crippen LogP contribution in [0.5, 0.6) is 5.75 Å². The monoisotopic (exact) mass is 455 g/mol. The number of ether oxygens (including phenoxy) is 2. The third-order valence-corrected chi connectivity index (χ3v) is 4.83. The highest BCUT2D eigenvalue weighted by atomic mass is 16.5. The van der Waals surface area contributed by atoms with Gasteiger partial charge in [-0.3, -0.25) is 19.2 Å². The lowest BCUT2D eigenvalue weighted by molar-refractivity contribution is -0.141. The van der Waals surface area contributed by atoms with Crippen LogP contribution in [-0.4, -0.2) is 50.5 Å². The highest BCUT2D eigenvalue weighted by molar-refractivity contribution is 6.02. The standard InChI is InChI=1S/C24H29N3O6/c1-15(2)22(27-23(30)18-7-5-6-8-19(18)32-3)24(31)26-17-11-9-16(10-12-17)13-20(28)25-14-21(29)33-4/h5-12,15,22H,13-14H2,1-4H3,(H,25,28)(H,26,31)(H,27,30). The molecular weight excluding hydrogens is 426 g/mol. The first-order chi connectivity index (χ1) is 15.7. The number of benzene rings is 2. The molecule has 0 saturated carbocycles. The van der Waals surface area contributed by atoms with Crippen LogP contribution in [0.3, 0.4) is 0 Å². The molecule has 0 aliphatic heterocycles. The molecule has 0 aliphatic rings. The van der Waals surface area contributed by atoms with Crippen molar-refractivity contribution in [1.82, 2.24) is 10.6 Å². The van der Waals surface area contributed by atoms with Gasteiger partial charge in [-0.25, -0.2) is 0 Å². The molecule has 9 heteroatoms. The summed E-state index contributed by atoms with van der Waals surface area (Å²) in [5.74, 6) is -1.37. The summed E-state index contributed by atoms with van der Waals surface area (Å²) >= 11 is 0. The fourth-order valence-electron chi connectivity index (χ4n) is 3.00. The molecule has 3 amide bonds. The molecule has 0 aromatic heterocycles. The normalized spacial score (nSPS) is 11.3. The first kappa shape index (κ1) is 25.4. The van der Waals surface area contributed by atoms with Gasteiger partial charge in [0.2, 0.25) is 11.8 Å². The van der Waals surface area contributed by atoms with E-state index in [0.717, 1.165) is 0 Å². The second-order valence-corrected chi connectivity index (χ2v) is 7.61. The number of carbonyl (C=O) groups excluding carboxylic acids is 4. The number of amides is 3. The van der Waals surface area contributed by atoms with Gasteiger partial charge < -0.3 is 25.4 Å². The van der Waals surface area contributed by atoms with Gasteiger partial charge in [-0.05, 0) is 35.7 Å². The van der Waals surface area contributed by atoms with Crippen LogP contribution < -0.4 is 20.7 Å². The molecule has 3 N–H and O–H groups in total. The number of methoxy groups -OCH3 is 2. The van der Waals surface area contributed by atoms with Gasteiger partial charge >= 0.3 is 5.97 Å². The second-order valence-electron chi connectivity index (χ2n) is 7.61. The quantitative estimate of drug-likeness (QED) is 0.471. The van der Waals surface area contributed by atoms with Gasteiger partial charge in [0.15, 0.2) is 0 Å². The van der Waals surface area contributed by atoms with Gasteiger partial charge in [0, 0.05) is 5.69 Å². The lowest BCUT2D eigenvalue weighted by atomic mass is 10.0. The van der Waals surface area contributed by atoms with Crippen LogP contribution in [-0.2, 0) is 25.5 Å². The van der Waals surface area contributed by atoms with E-state index in [9.17, 15) is 19.2 Å². The second kappa shape index (κ2) is 12.2. The van der Waals surface area contributed by atoms with Gasteiger partial charge in [0.05, 0.1) is 26.2 Å². The number of rotatable bonds is 10. The zero-order chi connectivity index (χ0) is 24.4. The number of esters is 1. The van der Waals surface area contributed by atoms with Crippen molar-refractivity contribution in [2.45, 2.75) is 26.3 Å². The predicted octanol–water partition coefficient (Wildman–Crippen LogP) is 1.92. The summed E-state index contributed by atoms with van der Waals surface area (Å²) in [6, 6.07) is 12.7. The van der Waals surface area contributed by atoms with Crippen LogP contribution in [0.15, 0.2) is 48.5 Å². The zero-order valence-corrected chi connectivity index (χ0v) is 19.1. The van der Waals surface area contributed by atoms with E-state index in [1.54, 1.807) is 48.5 Å². The number of carbonyl (C=O) groups is 4. The van der Waals surface area contributed by atoms with E-state index in [2.05, 4.69) is 20.7 Å². The molecule has 0 bridgehead atoms. The molecule has 9 nitrogen and oxygen atoms in total. The molecule has 0 spiro atoms. The largest absolute Gasteiger partial charge is 0.496 e. The fraction of sp³-hybridized carbons (Fsp3) is 0.333. The molecule has 0 fully saturated rings. The molecule has 1 unspecified atom stereocenters. The SMILES string of the molecule is COC(=O)CNC(=O)Cc1ccc(NC(=O)C(NC(=O)c2ccccc2OC)C(C)C)cc1. The van der Waals surface area contributed by atoms with Crippen LogP contribution in [0.25, 0.3) is 0 Å². The Hall–Kier alpha value is -3.88. The van der Waals surface area contributed by atoms with E-state index in [1.165, 1.54) is 14.2 Å². The maximum absolute atomic E-state index is 12.9. The minimum absolute atomic E-state index is 0.0782. The number of para-hydroxylation sites is 1. The molecule has 0 aliphatic carbocycles. The predicted molar refractivity (Wildman–Crippen MR) is 123 cm³/mol. The fourth-order valence-corrected chi connectivity index (χ4v) is 3.00. The molecule has 0 radical (unpaired) electrons. The van der Waals surface area contributed by atoms with E-state index in [-0.39, 0.29) is 30.7 Å². The Balaban J connectivity index is 1.99. The summed E-state index contributed by atoms with van der Waals surface area (Å²) in [4.78, 5) is 48.5. The number of nitrogens with one attached hydrogen (secondary N) is 3. The maximum atomic E-state index is 12.9. The summed E-state index contributed by atoms with van der Waals surface area (Å²) in [6.45, 7) is 3.48. The van der Waals surface area contributed by atoms with E-state index >= 15 is 0 Å². The molecule has 2 rings (SSSR count). The van der Waals surface area contributed by atoms with Crippen molar-refractivity contribution in [3.05, 3.63) is 59.7 Å². The van der Waals surface area contributed by atoms with Crippen molar-refractivity contribution < 1.29 is 28.7 Å². The maximum Gasteiger partial charge on any atom is 0.325 e. The third kappa shape index (κ3) is 7.64. The molecule has 0 heterocycles. The van der Waals surface area contributed by atoms with Gasteiger partial charge in [0.25, 0.3) is 5.91 Å². The number of hydrogen-bond donors (Lipinski definition) is 3. The number of hydrogen-bond acceptors (Lipinski definition) is 6. The van der Waals surface area contributed by atoms with E-state index in [4.69, 9.17) is 4.74 Å². The summed E-state index contributed by atoms with van der Waals surface area (Å²) < 4.78 is 9.70. The Morgan fingerprint density at radius 3 is 2.21 bits per heavy atom. The Labute approximate surface area is 192 Å². The zero-order valence-electron chi connectivity index (χ0n) is 19.1. The lowest BCUT2D eigenvalue weighted by Gasteiger charge is -2.22. The minimum atomic E-state index is -0.772. The average molecular weight is 456 g/mol. The summed E-state index contributed by atoms with van der Waals surface area (Å²) in [7, 11) is 2.72. The summed E-state index contributed by atoms with van der Waals surface area (Å²) in [6.07, 6.45) is 0.0782. The third-order valence-electron chi connectivity index (χ3n) is 4.83. The molecular formula is C24H29N3O6. The van der Waals surface area contributed by atoms with E-state index in [1.807, 2.05) is 13.8 Å². The van der Waals surface area contributed by atoms with Crippen LogP contribution in [0.4, 0.5) is 5.69 Å². The van der Waals surface area contributed by atoms with Crippen molar-refractivity contribution in [2.24, 2.45) is 5.92 Å². The van der Waals surface area contributed by atoms with Crippen LogP contribution in [0.1, 0.15) is 29.8 Å². The van der Waals surface area contributed by atoms with Gasteiger partial charge in [-0.2, -0.15) is 0 Å². The first-order valence-electron chi connectivity index (χ1n) is 10.4. The molecule has 176 valence electrons. The summed E-state index contributed by atoms with van der Waals surface area (Å²) in [5.41, 5.74) is 1.57. The van der Waals surface area contributed by atoms with E-state index in [0.29, 0.717) is 22.6 Å². The molecule has 33 heavy (non-hydrogen) atoms. The topological polar surface area (TPSA) is 123 Å². The Morgan fingerprint density at radius 2 is 1.61 bits per heavy atom. The van der Waals surface area contributed by atoms with Crippen LogP contribution in [0, 0.1) is 5.92 Å². The van der Waals surface area contributed by atoms with Crippen molar-refractivity contribution in [3.63, 3.8) is 0 Å². The van der Waals surface area contributed by atoms with Gasteiger partial charge in [0.1, 0.15) is 18.3 Å². The Bertz CT molecular complexity index is 988. The van der Waals surface area contributed by atoms with E-state index < -0.39 is 17.9 Å². The van der Waals surface area contributed by atoms with Gasteiger partial charge in [-0.1, -0.05) is 38.1 Å². The Kier molecular flexibility index (Phi) is 9.41. The number of anilines is 1. The van der Waals surface area contributed by atoms with Crippen LogP contribution >= 0.6 is 0 Å². The smallest absolute Gasteiger partial charge is 0.325 e. The lowest BCUT2D eigenvalue weighted by Crippen LogP contribution is -2.47. The van der Waals surface area contributed by atoms with Crippen molar-refractivity contribution in [2.75, 3.05) is 26.1 Å².